The molecule has 1 aliphatic heterocycles. The lowest BCUT2D eigenvalue weighted by Crippen LogP contribution is -2.51. The number of nitrogens with zero attached hydrogens (tertiary/aromatic N) is 1. The van der Waals surface area contributed by atoms with Crippen LogP contribution in [0, 0.1) is 17.8 Å². The summed E-state index contributed by atoms with van der Waals surface area (Å²) in [7, 11) is 1.54. The summed E-state index contributed by atoms with van der Waals surface area (Å²) in [6, 6.07) is 3.24. The van der Waals surface area contributed by atoms with Crippen molar-refractivity contribution in [3.05, 3.63) is 29.3 Å². The van der Waals surface area contributed by atoms with Crippen molar-refractivity contribution < 1.29 is 37.3 Å². The lowest BCUT2D eigenvalue weighted by molar-refractivity contribution is -0.139. The third-order valence-corrected chi connectivity index (χ3v) is 7.07. The van der Waals surface area contributed by atoms with E-state index in [1.165, 1.54) is 0 Å². The van der Waals surface area contributed by atoms with Crippen molar-refractivity contribution in [1.29, 1.82) is 0 Å². The summed E-state index contributed by atoms with van der Waals surface area (Å²) in [6.07, 6.45) is -1.43. The third kappa shape index (κ3) is 9.65. The number of hydrogen-bond donors (Lipinski definition) is 3. The first-order chi connectivity index (χ1) is 18.5. The van der Waals surface area contributed by atoms with E-state index in [4.69, 9.17) is 9.47 Å². The minimum Gasteiger partial charge on any atom is -0.493 e. The van der Waals surface area contributed by atoms with Crippen LogP contribution in [0.2, 0.25) is 0 Å². The zero-order valence-electron chi connectivity index (χ0n) is 23.1. The Hall–Kier alpha value is -2.37. The summed E-state index contributed by atoms with van der Waals surface area (Å²) in [4.78, 5) is 28.2. The van der Waals surface area contributed by atoms with Gasteiger partial charge in [0.15, 0.2) is 0 Å². The van der Waals surface area contributed by atoms with Gasteiger partial charge in [-0.15, -0.1) is 0 Å². The molecule has 3 N–H and O–H groups in total. The quantitative estimate of drug-likeness (QED) is 0.304. The second kappa shape index (κ2) is 14.3. The van der Waals surface area contributed by atoms with Gasteiger partial charge in [-0.05, 0) is 55.4 Å². The predicted molar refractivity (Wildman–Crippen MR) is 140 cm³/mol. The molecule has 220 valence electrons. The Balaban J connectivity index is 1.71. The molecule has 1 saturated heterocycles. The Morgan fingerprint density at radius 2 is 1.87 bits per heavy atom. The average Bonchev–Trinajstić information content (AvgIpc) is 3.73. The zero-order valence-corrected chi connectivity index (χ0v) is 23.1. The number of rotatable bonds is 14. The van der Waals surface area contributed by atoms with Crippen LogP contribution in [0.15, 0.2) is 18.2 Å². The van der Waals surface area contributed by atoms with Crippen LogP contribution in [-0.4, -0.2) is 73.9 Å². The fraction of sp³-hybridized carbons (Fsp3) is 0.714. The van der Waals surface area contributed by atoms with E-state index < -0.39 is 23.6 Å². The number of carbonyl (C=O) groups is 2. The van der Waals surface area contributed by atoms with Gasteiger partial charge in [0.2, 0.25) is 11.8 Å². The van der Waals surface area contributed by atoms with Gasteiger partial charge >= 0.3 is 6.18 Å². The maximum atomic E-state index is 13.6. The van der Waals surface area contributed by atoms with Crippen LogP contribution in [0.1, 0.15) is 57.1 Å². The van der Waals surface area contributed by atoms with E-state index in [9.17, 15) is 27.9 Å². The van der Waals surface area contributed by atoms with Crippen LogP contribution in [-0.2, 0) is 27.0 Å². The number of amides is 2. The second-order valence-corrected chi connectivity index (χ2v) is 11.1. The Kier molecular flexibility index (Phi) is 11.4. The number of nitrogens with one attached hydrogen (secondary N) is 2. The van der Waals surface area contributed by atoms with Crippen LogP contribution < -0.4 is 15.4 Å². The number of hydrogen-bond acceptors (Lipinski definition) is 6. The van der Waals surface area contributed by atoms with E-state index in [2.05, 4.69) is 10.6 Å². The molecule has 1 aromatic carbocycles. The Labute approximate surface area is 228 Å². The fourth-order valence-electron chi connectivity index (χ4n) is 4.99. The van der Waals surface area contributed by atoms with Crippen molar-refractivity contribution in [1.82, 2.24) is 15.5 Å². The first-order valence-corrected chi connectivity index (χ1v) is 13.8. The molecule has 2 amide bonds. The van der Waals surface area contributed by atoms with Gasteiger partial charge in [-0.25, -0.2) is 0 Å². The van der Waals surface area contributed by atoms with Gasteiger partial charge in [-0.1, -0.05) is 13.8 Å². The van der Waals surface area contributed by atoms with Crippen molar-refractivity contribution in [3.63, 3.8) is 0 Å². The van der Waals surface area contributed by atoms with Crippen LogP contribution in [0.3, 0.4) is 0 Å². The summed E-state index contributed by atoms with van der Waals surface area (Å²) in [5.74, 6) is -0.858. The summed E-state index contributed by atoms with van der Waals surface area (Å²) >= 11 is 0. The number of benzene rings is 1. The van der Waals surface area contributed by atoms with E-state index in [0.717, 1.165) is 25.0 Å². The lowest BCUT2D eigenvalue weighted by Gasteiger charge is -2.33. The topological polar surface area (TPSA) is 100 Å². The number of ether oxygens (including phenoxy) is 2. The molecule has 8 nitrogen and oxygen atoms in total. The summed E-state index contributed by atoms with van der Waals surface area (Å²) in [5.41, 5.74) is -0.467. The molecule has 1 aliphatic carbocycles. The van der Waals surface area contributed by atoms with Crippen LogP contribution in [0.5, 0.6) is 5.75 Å². The summed E-state index contributed by atoms with van der Waals surface area (Å²) in [5, 5.41) is 15.7. The summed E-state index contributed by atoms with van der Waals surface area (Å²) in [6.45, 7) is 5.38. The molecular weight excluding hydrogens is 515 g/mol. The highest BCUT2D eigenvalue weighted by Gasteiger charge is 2.39. The zero-order chi connectivity index (χ0) is 28.6. The molecule has 1 unspecified atom stereocenters. The first kappa shape index (κ1) is 31.2. The van der Waals surface area contributed by atoms with Gasteiger partial charge in [0.1, 0.15) is 5.75 Å². The van der Waals surface area contributed by atoms with Crippen LogP contribution in [0.4, 0.5) is 13.2 Å². The molecular formula is C28H42F3N3O5. The minimum absolute atomic E-state index is 0.0304. The molecule has 3 rings (SSSR count). The van der Waals surface area contributed by atoms with E-state index in [1.54, 1.807) is 18.1 Å². The Bertz CT molecular complexity index is 955. The van der Waals surface area contributed by atoms with Crippen LogP contribution in [0.25, 0.3) is 0 Å². The van der Waals surface area contributed by atoms with Crippen molar-refractivity contribution in [2.45, 2.75) is 70.8 Å². The minimum atomic E-state index is -4.55. The smallest absolute Gasteiger partial charge is 0.416 e. The molecule has 0 radical (unpaired) electrons. The van der Waals surface area contributed by atoms with Crippen molar-refractivity contribution >= 4 is 11.8 Å². The molecule has 11 heteroatoms. The number of methoxy groups -OCH3 is 1. The van der Waals surface area contributed by atoms with E-state index in [1.807, 2.05) is 13.8 Å². The Morgan fingerprint density at radius 3 is 2.49 bits per heavy atom. The highest BCUT2D eigenvalue weighted by molar-refractivity contribution is 5.83. The highest BCUT2D eigenvalue weighted by atomic mass is 19.4. The van der Waals surface area contributed by atoms with Crippen molar-refractivity contribution in [2.75, 3.05) is 40.0 Å². The fourth-order valence-corrected chi connectivity index (χ4v) is 4.99. The monoisotopic (exact) mass is 557 g/mol. The number of alkyl halides is 3. The van der Waals surface area contributed by atoms with Crippen molar-refractivity contribution in [2.24, 2.45) is 17.8 Å². The van der Waals surface area contributed by atoms with E-state index >= 15 is 0 Å². The SMILES string of the molecule is COCCCOc1cc(CN(C(=O)[C@H]2CNC[C@@H](C(=O)NC(CO)CC(C)C)C2)C2CC2)cc(C(F)(F)F)c1. The predicted octanol–water partition coefficient (Wildman–Crippen LogP) is 3.36. The largest absolute Gasteiger partial charge is 0.493 e. The third-order valence-electron chi connectivity index (χ3n) is 7.07. The van der Waals surface area contributed by atoms with Gasteiger partial charge in [0, 0.05) is 45.8 Å². The number of aliphatic hydroxyl groups is 1. The molecule has 0 aromatic heterocycles. The highest BCUT2D eigenvalue weighted by Crippen LogP contribution is 2.35. The van der Waals surface area contributed by atoms with Gasteiger partial charge in [0.25, 0.3) is 0 Å². The molecule has 2 fully saturated rings. The first-order valence-electron chi connectivity index (χ1n) is 13.8. The number of piperidine rings is 1. The van der Waals surface area contributed by atoms with E-state index in [-0.39, 0.29) is 49.4 Å². The van der Waals surface area contributed by atoms with Gasteiger partial charge in [-0.2, -0.15) is 13.2 Å². The molecule has 3 atom stereocenters. The molecule has 0 spiro atoms. The number of aliphatic hydroxyl groups excluding tert-OH is 1. The maximum Gasteiger partial charge on any atom is 0.416 e. The molecule has 0 bridgehead atoms. The summed E-state index contributed by atoms with van der Waals surface area (Å²) < 4.78 is 51.4. The molecule has 39 heavy (non-hydrogen) atoms. The van der Waals surface area contributed by atoms with Crippen LogP contribution >= 0.6 is 0 Å². The number of halogens is 3. The van der Waals surface area contributed by atoms with Crippen molar-refractivity contribution in [3.8, 4) is 5.75 Å². The molecule has 1 saturated carbocycles. The molecule has 2 aliphatic rings. The normalized spacial score (nSPS) is 20.5. The van der Waals surface area contributed by atoms with Gasteiger partial charge < -0.3 is 30.1 Å². The second-order valence-electron chi connectivity index (χ2n) is 11.1. The molecule has 1 heterocycles. The lowest BCUT2D eigenvalue weighted by atomic mass is 9.88. The average molecular weight is 558 g/mol. The maximum absolute atomic E-state index is 13.6. The van der Waals surface area contributed by atoms with Gasteiger partial charge in [-0.3, -0.25) is 9.59 Å². The van der Waals surface area contributed by atoms with Gasteiger partial charge in [0.05, 0.1) is 36.7 Å². The van der Waals surface area contributed by atoms with E-state index in [0.29, 0.717) is 50.4 Å². The molecule has 1 aromatic rings. The number of carbonyl (C=O) groups excluding carboxylic acids is 2. The standard InChI is InChI=1S/C28H42F3N3O5/c1-18(2)9-23(17-35)33-26(36)20-12-21(15-32-14-20)27(37)34(24-5-6-24)16-19-10-22(28(29,30)31)13-25(11-19)39-8-4-7-38-3/h10-11,13,18,20-21,23-24,32,35H,4-9,12,14-17H2,1-3H3,(H,33,36)/t20-,21+,23?/m0/s1. The Morgan fingerprint density at radius 1 is 1.15 bits per heavy atom.